The Bertz CT molecular complexity index is 935. The molecule has 2 saturated heterocycles. The summed E-state index contributed by atoms with van der Waals surface area (Å²) in [6.07, 6.45) is 2.01. The first-order valence-corrected chi connectivity index (χ1v) is 10.9. The van der Waals surface area contributed by atoms with E-state index >= 15 is 0 Å². The van der Waals surface area contributed by atoms with Crippen molar-refractivity contribution in [3.05, 3.63) is 23.5 Å². The summed E-state index contributed by atoms with van der Waals surface area (Å²) < 4.78 is 17.9. The maximum absolute atomic E-state index is 13.7. The Morgan fingerprint density at radius 3 is 2.83 bits per heavy atom. The van der Waals surface area contributed by atoms with E-state index in [0.29, 0.717) is 45.0 Å². The fraction of sp³-hybridized carbons (Fsp3) is 0.600. The van der Waals surface area contributed by atoms with Crippen LogP contribution in [0.15, 0.2) is 12.3 Å². The van der Waals surface area contributed by atoms with Crippen molar-refractivity contribution in [2.75, 3.05) is 43.4 Å². The molecule has 0 aliphatic carbocycles. The second kappa shape index (κ2) is 8.41. The number of hydrogen-bond acceptors (Lipinski definition) is 9. The molecule has 0 spiro atoms. The first kappa shape index (κ1) is 20.9. The molecule has 0 radical (unpaired) electrons. The predicted molar refractivity (Wildman–Crippen MR) is 116 cm³/mol. The smallest absolute Gasteiger partial charge is 0.229 e. The topological polar surface area (TPSA) is 93.0 Å². The average molecular weight is 431 g/mol. The van der Waals surface area contributed by atoms with Gasteiger partial charge < -0.3 is 15.5 Å². The zero-order chi connectivity index (χ0) is 21.3. The highest BCUT2D eigenvalue weighted by molar-refractivity contribution is 7.10. The summed E-state index contributed by atoms with van der Waals surface area (Å²) in [5.74, 6) is 1.40. The van der Waals surface area contributed by atoms with E-state index in [-0.39, 0.29) is 11.6 Å². The maximum Gasteiger partial charge on any atom is 0.229 e. The number of aryl methyl sites for hydroxylation is 2. The van der Waals surface area contributed by atoms with Crippen molar-refractivity contribution in [3.63, 3.8) is 0 Å². The van der Waals surface area contributed by atoms with Crippen LogP contribution >= 0.6 is 11.5 Å². The molecule has 30 heavy (non-hydrogen) atoms. The first-order chi connectivity index (χ1) is 14.4. The Labute approximate surface area is 180 Å². The molecule has 2 aromatic heterocycles. The lowest BCUT2D eigenvalue weighted by Gasteiger charge is -2.51. The minimum atomic E-state index is -0.761. The van der Waals surface area contributed by atoms with Crippen molar-refractivity contribution in [3.8, 4) is 6.07 Å². The number of alkyl halides is 1. The monoisotopic (exact) mass is 430 g/mol. The fourth-order valence-electron chi connectivity index (χ4n) is 4.20. The number of aromatic nitrogens is 3. The van der Waals surface area contributed by atoms with E-state index in [1.807, 2.05) is 33.2 Å². The van der Waals surface area contributed by atoms with Gasteiger partial charge in [-0.15, -0.1) is 0 Å². The Morgan fingerprint density at radius 2 is 2.20 bits per heavy atom. The summed E-state index contributed by atoms with van der Waals surface area (Å²) >= 11 is 1.38. The quantitative estimate of drug-likeness (QED) is 0.692. The lowest BCUT2D eigenvalue weighted by molar-refractivity contribution is 0.219. The van der Waals surface area contributed by atoms with Crippen molar-refractivity contribution in [2.24, 2.45) is 0 Å². The zero-order valence-corrected chi connectivity index (χ0v) is 18.3. The van der Waals surface area contributed by atoms with Crippen LogP contribution < -0.4 is 15.5 Å². The number of rotatable bonds is 7. The summed E-state index contributed by atoms with van der Waals surface area (Å²) in [5.41, 5.74) is 1.66. The molecular formula is C20H27FN8S. The molecule has 0 aromatic carbocycles. The van der Waals surface area contributed by atoms with Gasteiger partial charge in [0.15, 0.2) is 0 Å². The molecule has 8 nitrogen and oxygen atoms in total. The van der Waals surface area contributed by atoms with E-state index < -0.39 is 6.17 Å². The van der Waals surface area contributed by atoms with Crippen LogP contribution in [-0.2, 0) is 0 Å². The van der Waals surface area contributed by atoms with Crippen LogP contribution in [0.25, 0.3) is 0 Å². The predicted octanol–water partition coefficient (Wildman–Crippen LogP) is 2.40. The Balaban J connectivity index is 1.41. The highest BCUT2D eigenvalue weighted by atomic mass is 32.1. The summed E-state index contributed by atoms with van der Waals surface area (Å²) in [4.78, 5) is 13.3. The average Bonchev–Trinajstić information content (AvgIpc) is 3.22. The first-order valence-electron chi connectivity index (χ1n) is 10.1. The maximum atomic E-state index is 13.7. The normalized spacial score (nSPS) is 23.2. The van der Waals surface area contributed by atoms with Gasteiger partial charge in [0, 0.05) is 44.0 Å². The van der Waals surface area contributed by atoms with Crippen LogP contribution in [0.5, 0.6) is 0 Å². The second-order valence-corrected chi connectivity index (χ2v) is 9.24. The molecule has 2 fully saturated rings. The molecule has 2 aliphatic heterocycles. The van der Waals surface area contributed by atoms with E-state index in [0.717, 1.165) is 22.1 Å². The van der Waals surface area contributed by atoms with Crippen molar-refractivity contribution in [1.29, 1.82) is 5.26 Å². The number of hydrogen-bond donors (Lipinski definition) is 2. The van der Waals surface area contributed by atoms with E-state index in [2.05, 4.69) is 35.9 Å². The molecule has 2 aromatic rings. The largest absolute Gasteiger partial charge is 0.352 e. The summed E-state index contributed by atoms with van der Waals surface area (Å²) in [6.45, 7) is 6.48. The molecule has 0 unspecified atom stereocenters. The van der Waals surface area contributed by atoms with Crippen molar-refractivity contribution >= 4 is 28.3 Å². The van der Waals surface area contributed by atoms with Gasteiger partial charge in [-0.05, 0) is 44.9 Å². The molecule has 0 bridgehead atoms. The molecule has 10 heteroatoms. The van der Waals surface area contributed by atoms with Gasteiger partial charge in [-0.1, -0.05) is 0 Å². The van der Waals surface area contributed by atoms with Crippen LogP contribution in [-0.4, -0.2) is 70.2 Å². The van der Waals surface area contributed by atoms with Gasteiger partial charge in [-0.3, -0.25) is 4.90 Å². The molecule has 2 aliphatic rings. The minimum Gasteiger partial charge on any atom is -0.352 e. The second-order valence-electron chi connectivity index (χ2n) is 8.44. The number of nitrogens with zero attached hydrogens (tertiary/aromatic N) is 6. The highest BCUT2D eigenvalue weighted by Gasteiger charge is 2.44. The van der Waals surface area contributed by atoms with E-state index in [1.54, 1.807) is 0 Å². The highest BCUT2D eigenvalue weighted by Crippen LogP contribution is 2.32. The van der Waals surface area contributed by atoms with Crippen LogP contribution in [0, 0.1) is 25.2 Å². The van der Waals surface area contributed by atoms with Gasteiger partial charge in [0.2, 0.25) is 5.95 Å². The zero-order valence-electron chi connectivity index (χ0n) is 17.5. The third-order valence-corrected chi connectivity index (χ3v) is 6.66. The van der Waals surface area contributed by atoms with Crippen molar-refractivity contribution in [1.82, 2.24) is 24.6 Å². The molecule has 160 valence electrons. The number of nitriles is 1. The number of likely N-dealkylation sites (tertiary alicyclic amines) is 1. The number of halogens is 1. The Hall–Kier alpha value is -2.35. The Morgan fingerprint density at radius 1 is 1.40 bits per heavy atom. The summed E-state index contributed by atoms with van der Waals surface area (Å²) in [6, 6.07) is 4.44. The van der Waals surface area contributed by atoms with Gasteiger partial charge >= 0.3 is 0 Å². The third kappa shape index (κ3) is 4.38. The van der Waals surface area contributed by atoms with Crippen molar-refractivity contribution in [2.45, 2.75) is 44.4 Å². The third-order valence-electron chi connectivity index (χ3n) is 5.86. The van der Waals surface area contributed by atoms with Gasteiger partial charge in [-0.2, -0.15) is 14.6 Å². The van der Waals surface area contributed by atoms with Gasteiger partial charge in [0.1, 0.15) is 17.0 Å². The van der Waals surface area contributed by atoms with Gasteiger partial charge in [-0.25, -0.2) is 9.37 Å². The molecule has 0 saturated carbocycles. The van der Waals surface area contributed by atoms with E-state index in [1.165, 1.54) is 11.5 Å². The molecule has 4 rings (SSSR count). The SMILES string of the molecule is Cc1cc(Nc2ncc(C)c(N3CC(CC#N)(NC[C@H]4C[C@H](F)CN4C)C3)n2)sn1. The van der Waals surface area contributed by atoms with Crippen LogP contribution in [0.4, 0.5) is 21.2 Å². The fourth-order valence-corrected chi connectivity index (χ4v) is 4.86. The summed E-state index contributed by atoms with van der Waals surface area (Å²) in [7, 11) is 1.96. The van der Waals surface area contributed by atoms with Gasteiger partial charge in [0.25, 0.3) is 0 Å². The lowest BCUT2D eigenvalue weighted by atomic mass is 9.86. The number of nitrogens with one attached hydrogen (secondary N) is 2. The summed E-state index contributed by atoms with van der Waals surface area (Å²) in [5, 5.41) is 17.0. The van der Waals surface area contributed by atoms with E-state index in [9.17, 15) is 9.65 Å². The Kier molecular flexibility index (Phi) is 5.86. The number of likely N-dealkylation sites (N-methyl/N-ethyl adjacent to an activating group) is 1. The van der Waals surface area contributed by atoms with Crippen molar-refractivity contribution < 1.29 is 4.39 Å². The lowest BCUT2D eigenvalue weighted by Crippen LogP contribution is -2.70. The van der Waals surface area contributed by atoms with Crippen LogP contribution in [0.2, 0.25) is 0 Å². The van der Waals surface area contributed by atoms with Crippen LogP contribution in [0.3, 0.4) is 0 Å². The molecule has 0 amide bonds. The van der Waals surface area contributed by atoms with E-state index in [4.69, 9.17) is 4.98 Å². The van der Waals surface area contributed by atoms with Crippen LogP contribution in [0.1, 0.15) is 24.1 Å². The molecule has 2 atom stereocenters. The molecule has 4 heterocycles. The number of anilines is 3. The standard InChI is InChI=1S/C20H27FN8S/c1-13-8-23-19(25-17-6-14(2)27-30-17)26-18(13)29-11-20(12-29,4-5-22)24-9-16-7-15(21)10-28(16)3/h6,8,15-16,24H,4,7,9-12H2,1-3H3,(H,23,25,26)/t15-,16+/m0/s1. The molecular weight excluding hydrogens is 403 g/mol. The van der Waals surface area contributed by atoms with Gasteiger partial charge in [0.05, 0.1) is 23.7 Å². The minimum absolute atomic E-state index is 0.170. The molecule has 2 N–H and O–H groups in total.